The topological polar surface area (TPSA) is 74.0 Å². The fourth-order valence-electron chi connectivity index (χ4n) is 2.41. The molecule has 1 saturated heterocycles. The summed E-state index contributed by atoms with van der Waals surface area (Å²) in [6.07, 6.45) is 2.39. The maximum absolute atomic E-state index is 11.9. The highest BCUT2D eigenvalue weighted by molar-refractivity contribution is 5.97. The van der Waals surface area contributed by atoms with Crippen molar-refractivity contribution >= 4 is 22.7 Å². The number of carbonyl (C=O) groups is 2. The van der Waals surface area contributed by atoms with Crippen molar-refractivity contribution in [2.75, 3.05) is 0 Å². The molecule has 1 aromatic carbocycles. The number of rotatable bonds is 2. The molecule has 2 atom stereocenters. The van der Waals surface area contributed by atoms with Crippen molar-refractivity contribution in [3.8, 4) is 0 Å². The number of carbonyl (C=O) groups excluding carboxylic acids is 2. The quantitative estimate of drug-likeness (QED) is 0.741. The molecule has 0 radical (unpaired) electrons. The lowest BCUT2D eigenvalue weighted by atomic mass is 10.0. The summed E-state index contributed by atoms with van der Waals surface area (Å²) in [5, 5.41) is 6.52. The minimum absolute atomic E-state index is 0.127. The average Bonchev–Trinajstić information content (AvgIpc) is 2.80. The highest BCUT2D eigenvalue weighted by atomic mass is 16.2. The maximum atomic E-state index is 11.9. The van der Waals surface area contributed by atoms with Gasteiger partial charge in [0.2, 0.25) is 11.8 Å². The Labute approximate surface area is 110 Å². The van der Waals surface area contributed by atoms with E-state index in [2.05, 4.69) is 15.6 Å². The molecule has 0 aliphatic carbocycles. The normalized spacial score (nSPS) is 23.2. The van der Waals surface area contributed by atoms with Crippen molar-refractivity contribution in [2.45, 2.75) is 25.4 Å². The van der Waals surface area contributed by atoms with Crippen LogP contribution in [0.2, 0.25) is 0 Å². The minimum Gasteiger partial charge on any atom is -0.361 e. The number of nitrogens with one attached hydrogen (secondary N) is 3. The van der Waals surface area contributed by atoms with Gasteiger partial charge in [0.15, 0.2) is 0 Å². The molecule has 2 heterocycles. The van der Waals surface area contributed by atoms with Gasteiger partial charge in [0.05, 0.1) is 0 Å². The molecule has 1 aromatic heterocycles. The molecule has 2 aromatic rings. The zero-order chi connectivity index (χ0) is 13.4. The second-order valence-electron chi connectivity index (χ2n) is 4.86. The molecule has 1 aliphatic heterocycles. The fraction of sp³-hybridized carbons (Fsp3) is 0.286. The van der Waals surface area contributed by atoms with Gasteiger partial charge in [-0.25, -0.2) is 0 Å². The van der Waals surface area contributed by atoms with Crippen LogP contribution in [0.5, 0.6) is 0 Å². The Hall–Kier alpha value is -2.30. The Balaban J connectivity index is 1.85. The summed E-state index contributed by atoms with van der Waals surface area (Å²) in [6, 6.07) is 6.96. The summed E-state index contributed by atoms with van der Waals surface area (Å²) in [7, 11) is 0. The van der Waals surface area contributed by atoms with Crippen LogP contribution in [0.3, 0.4) is 0 Å². The van der Waals surface area contributed by atoms with Gasteiger partial charge in [-0.3, -0.25) is 9.59 Å². The summed E-state index contributed by atoms with van der Waals surface area (Å²) in [6.45, 7) is 1.68. The molecular formula is C14H15N3O2. The van der Waals surface area contributed by atoms with Crippen LogP contribution < -0.4 is 10.6 Å². The molecule has 3 N–H and O–H groups in total. The van der Waals surface area contributed by atoms with Gasteiger partial charge in [-0.05, 0) is 18.6 Å². The SMILES string of the molecule is C[C@@H]1NC(=O)[C@H](Cc2c[nH]c3ccccc23)NC1=O. The van der Waals surface area contributed by atoms with E-state index in [0.717, 1.165) is 16.5 Å². The molecule has 0 saturated carbocycles. The van der Waals surface area contributed by atoms with Crippen molar-refractivity contribution in [1.82, 2.24) is 15.6 Å². The van der Waals surface area contributed by atoms with E-state index in [1.165, 1.54) is 0 Å². The molecular weight excluding hydrogens is 242 g/mol. The van der Waals surface area contributed by atoms with Gasteiger partial charge >= 0.3 is 0 Å². The molecule has 0 bridgehead atoms. The lowest BCUT2D eigenvalue weighted by molar-refractivity contribution is -0.136. The second kappa shape index (κ2) is 4.42. The zero-order valence-electron chi connectivity index (χ0n) is 10.6. The number of hydrogen-bond donors (Lipinski definition) is 3. The van der Waals surface area contributed by atoms with E-state index in [1.54, 1.807) is 6.92 Å². The Morgan fingerprint density at radius 3 is 2.74 bits per heavy atom. The van der Waals surface area contributed by atoms with E-state index >= 15 is 0 Å². The zero-order valence-corrected chi connectivity index (χ0v) is 10.6. The van der Waals surface area contributed by atoms with Crippen LogP contribution in [-0.4, -0.2) is 28.9 Å². The Kier molecular flexibility index (Phi) is 2.74. The van der Waals surface area contributed by atoms with Gasteiger partial charge in [-0.1, -0.05) is 18.2 Å². The molecule has 1 aliphatic rings. The van der Waals surface area contributed by atoms with Crippen LogP contribution in [0.4, 0.5) is 0 Å². The molecule has 98 valence electrons. The molecule has 5 heteroatoms. The number of benzene rings is 1. The van der Waals surface area contributed by atoms with E-state index in [0.29, 0.717) is 6.42 Å². The second-order valence-corrected chi connectivity index (χ2v) is 4.86. The van der Waals surface area contributed by atoms with Crippen molar-refractivity contribution in [3.63, 3.8) is 0 Å². The maximum Gasteiger partial charge on any atom is 0.243 e. The number of piperazine rings is 1. The van der Waals surface area contributed by atoms with Gasteiger partial charge in [0.1, 0.15) is 12.1 Å². The van der Waals surface area contributed by atoms with Crippen LogP contribution >= 0.6 is 0 Å². The lowest BCUT2D eigenvalue weighted by Gasteiger charge is -2.27. The van der Waals surface area contributed by atoms with Crippen LogP contribution in [0.1, 0.15) is 12.5 Å². The number of aromatic amines is 1. The van der Waals surface area contributed by atoms with Crippen molar-refractivity contribution in [2.24, 2.45) is 0 Å². The van der Waals surface area contributed by atoms with Crippen LogP contribution in [0, 0.1) is 0 Å². The Morgan fingerprint density at radius 1 is 1.11 bits per heavy atom. The number of aromatic nitrogens is 1. The first-order chi connectivity index (χ1) is 9.15. The lowest BCUT2D eigenvalue weighted by Crippen LogP contribution is -2.61. The fourth-order valence-corrected chi connectivity index (χ4v) is 2.41. The van der Waals surface area contributed by atoms with Gasteiger partial charge in [-0.2, -0.15) is 0 Å². The van der Waals surface area contributed by atoms with E-state index in [1.807, 2.05) is 30.5 Å². The Morgan fingerprint density at radius 2 is 1.89 bits per heavy atom. The van der Waals surface area contributed by atoms with Crippen LogP contribution in [-0.2, 0) is 16.0 Å². The molecule has 19 heavy (non-hydrogen) atoms. The van der Waals surface area contributed by atoms with E-state index in [-0.39, 0.29) is 11.8 Å². The monoisotopic (exact) mass is 257 g/mol. The predicted molar refractivity (Wildman–Crippen MR) is 71.5 cm³/mol. The highest BCUT2D eigenvalue weighted by Crippen LogP contribution is 2.19. The number of fused-ring (bicyclic) bond motifs is 1. The van der Waals surface area contributed by atoms with E-state index < -0.39 is 12.1 Å². The third-order valence-electron chi connectivity index (χ3n) is 3.48. The van der Waals surface area contributed by atoms with Gasteiger partial charge < -0.3 is 15.6 Å². The van der Waals surface area contributed by atoms with E-state index in [4.69, 9.17) is 0 Å². The van der Waals surface area contributed by atoms with Crippen molar-refractivity contribution < 1.29 is 9.59 Å². The molecule has 1 fully saturated rings. The van der Waals surface area contributed by atoms with Crippen molar-refractivity contribution in [1.29, 1.82) is 0 Å². The largest absolute Gasteiger partial charge is 0.361 e. The smallest absolute Gasteiger partial charge is 0.243 e. The van der Waals surface area contributed by atoms with Crippen LogP contribution in [0.25, 0.3) is 10.9 Å². The molecule has 0 spiro atoms. The van der Waals surface area contributed by atoms with Crippen LogP contribution in [0.15, 0.2) is 30.5 Å². The minimum atomic E-state index is -0.497. The van der Waals surface area contributed by atoms with Crippen molar-refractivity contribution in [3.05, 3.63) is 36.0 Å². The first-order valence-corrected chi connectivity index (χ1v) is 6.31. The standard InChI is InChI=1S/C14H15N3O2/c1-8-13(18)17-12(14(19)16-8)6-9-7-15-11-5-3-2-4-10(9)11/h2-5,7-8,12,15H,6H2,1H3,(H,16,19)(H,17,18)/t8-,12-/m0/s1. The summed E-state index contributed by atoms with van der Waals surface area (Å²) in [5.41, 5.74) is 2.07. The number of para-hydroxylation sites is 1. The average molecular weight is 257 g/mol. The molecule has 2 amide bonds. The molecule has 3 rings (SSSR count). The third kappa shape index (κ3) is 2.07. The van der Waals surface area contributed by atoms with E-state index in [9.17, 15) is 9.59 Å². The Bertz CT molecular complexity index is 647. The van der Waals surface area contributed by atoms with Gasteiger partial charge in [0, 0.05) is 23.5 Å². The predicted octanol–water partition coefficient (Wildman–Crippen LogP) is 0.713. The van der Waals surface area contributed by atoms with Gasteiger partial charge in [0.25, 0.3) is 0 Å². The first-order valence-electron chi connectivity index (χ1n) is 6.31. The third-order valence-corrected chi connectivity index (χ3v) is 3.48. The number of hydrogen-bond acceptors (Lipinski definition) is 2. The summed E-state index contributed by atoms with van der Waals surface area (Å²) in [4.78, 5) is 26.7. The van der Waals surface area contributed by atoms with Gasteiger partial charge in [-0.15, -0.1) is 0 Å². The molecule has 0 unspecified atom stereocenters. The highest BCUT2D eigenvalue weighted by Gasteiger charge is 2.31. The summed E-state index contributed by atoms with van der Waals surface area (Å²) in [5.74, 6) is -0.262. The molecule has 5 nitrogen and oxygen atoms in total. The summed E-state index contributed by atoms with van der Waals surface area (Å²) < 4.78 is 0. The number of amides is 2. The summed E-state index contributed by atoms with van der Waals surface area (Å²) >= 11 is 0. The number of H-pyrrole nitrogens is 1. The first kappa shape index (κ1) is 11.8.